The van der Waals surface area contributed by atoms with Gasteiger partial charge in [-0.2, -0.15) is 0 Å². The molecule has 0 aliphatic carbocycles. The third-order valence-corrected chi connectivity index (χ3v) is 4.96. The minimum atomic E-state index is -0.557. The fourth-order valence-electron chi connectivity index (χ4n) is 3.19. The van der Waals surface area contributed by atoms with Gasteiger partial charge in [0.1, 0.15) is 6.61 Å². The van der Waals surface area contributed by atoms with E-state index in [-0.39, 0.29) is 17.8 Å². The number of rotatable bonds is 5. The van der Waals surface area contributed by atoms with Crippen LogP contribution in [0.5, 0.6) is 0 Å². The molecule has 0 saturated carbocycles. The highest BCUT2D eigenvalue weighted by atomic mass is 16.5. The number of carbonyl (C=O) groups excluding carboxylic acids is 2. The SMILES string of the molecule is C[C@H](N)C(=O)N1CCC(C(C)(C)C(=O)OCc2ccccc2)CC1. The molecular weight excluding hydrogens is 304 g/mol. The van der Waals surface area contributed by atoms with E-state index >= 15 is 0 Å². The van der Waals surface area contributed by atoms with Gasteiger partial charge in [-0.3, -0.25) is 9.59 Å². The van der Waals surface area contributed by atoms with E-state index in [9.17, 15) is 9.59 Å². The second-order valence-electron chi connectivity index (χ2n) is 7.17. The second-order valence-corrected chi connectivity index (χ2v) is 7.17. The third-order valence-electron chi connectivity index (χ3n) is 4.96. The Kier molecular flexibility index (Phi) is 5.99. The minimum Gasteiger partial charge on any atom is -0.460 e. The van der Waals surface area contributed by atoms with Gasteiger partial charge < -0.3 is 15.4 Å². The fourth-order valence-corrected chi connectivity index (χ4v) is 3.19. The van der Waals surface area contributed by atoms with Gasteiger partial charge in [0.05, 0.1) is 11.5 Å². The average molecular weight is 332 g/mol. The molecule has 0 aromatic heterocycles. The predicted molar refractivity (Wildman–Crippen MR) is 93.0 cm³/mol. The summed E-state index contributed by atoms with van der Waals surface area (Å²) in [5, 5.41) is 0. The molecule has 0 unspecified atom stereocenters. The highest BCUT2D eigenvalue weighted by Gasteiger charge is 2.40. The predicted octanol–water partition coefficient (Wildman–Crippen LogP) is 2.34. The summed E-state index contributed by atoms with van der Waals surface area (Å²) in [5.41, 5.74) is 6.09. The van der Waals surface area contributed by atoms with Crippen LogP contribution in [0, 0.1) is 11.3 Å². The van der Waals surface area contributed by atoms with Crippen LogP contribution in [0.4, 0.5) is 0 Å². The molecule has 1 aliphatic rings. The first-order valence-electron chi connectivity index (χ1n) is 8.58. The Labute approximate surface area is 144 Å². The minimum absolute atomic E-state index is 0.0158. The van der Waals surface area contributed by atoms with Crippen molar-refractivity contribution >= 4 is 11.9 Å². The molecule has 1 amide bonds. The Morgan fingerprint density at radius 2 is 1.83 bits per heavy atom. The molecule has 0 spiro atoms. The molecule has 5 nitrogen and oxygen atoms in total. The largest absolute Gasteiger partial charge is 0.460 e. The summed E-state index contributed by atoms with van der Waals surface area (Å²) in [5.74, 6) is 0.0131. The number of nitrogens with zero attached hydrogens (tertiary/aromatic N) is 1. The van der Waals surface area contributed by atoms with Gasteiger partial charge in [-0.05, 0) is 45.1 Å². The number of piperidine rings is 1. The number of carbonyl (C=O) groups is 2. The molecule has 1 atom stereocenters. The molecule has 1 saturated heterocycles. The lowest BCUT2D eigenvalue weighted by Crippen LogP contribution is -2.48. The first kappa shape index (κ1) is 18.5. The molecule has 1 aliphatic heterocycles. The number of hydrogen-bond donors (Lipinski definition) is 1. The van der Waals surface area contributed by atoms with Crippen LogP contribution in [0.1, 0.15) is 39.2 Å². The summed E-state index contributed by atoms with van der Waals surface area (Å²) in [6.07, 6.45) is 1.60. The lowest BCUT2D eigenvalue weighted by molar-refractivity contribution is -0.160. The van der Waals surface area contributed by atoms with Gasteiger partial charge in [-0.15, -0.1) is 0 Å². The normalized spacial score (nSPS) is 17.4. The summed E-state index contributed by atoms with van der Waals surface area (Å²) >= 11 is 0. The highest BCUT2D eigenvalue weighted by Crippen LogP contribution is 2.36. The Balaban J connectivity index is 1.88. The highest BCUT2D eigenvalue weighted by molar-refractivity contribution is 5.81. The molecule has 0 radical (unpaired) electrons. The molecule has 5 heteroatoms. The van der Waals surface area contributed by atoms with Crippen LogP contribution in [-0.2, 0) is 20.9 Å². The monoisotopic (exact) mass is 332 g/mol. The molecule has 1 fully saturated rings. The standard InChI is InChI=1S/C19H28N2O3/c1-14(20)17(22)21-11-9-16(10-12-21)19(2,3)18(23)24-13-15-7-5-4-6-8-15/h4-8,14,16H,9-13,20H2,1-3H3/t14-/m0/s1. The van der Waals surface area contributed by atoms with Crippen LogP contribution < -0.4 is 5.73 Å². The maximum absolute atomic E-state index is 12.5. The van der Waals surface area contributed by atoms with Crippen LogP contribution in [0.15, 0.2) is 30.3 Å². The topological polar surface area (TPSA) is 72.6 Å². The van der Waals surface area contributed by atoms with Crippen molar-refractivity contribution in [2.45, 2.75) is 46.3 Å². The molecule has 2 rings (SSSR count). The van der Waals surface area contributed by atoms with Crippen molar-refractivity contribution in [3.05, 3.63) is 35.9 Å². The van der Waals surface area contributed by atoms with Crippen LogP contribution in [0.2, 0.25) is 0 Å². The van der Waals surface area contributed by atoms with Crippen molar-refractivity contribution in [1.82, 2.24) is 4.90 Å². The van der Waals surface area contributed by atoms with E-state index in [1.165, 1.54) is 0 Å². The van der Waals surface area contributed by atoms with E-state index in [0.717, 1.165) is 18.4 Å². The number of benzene rings is 1. The molecule has 1 heterocycles. The number of amides is 1. The summed E-state index contributed by atoms with van der Waals surface area (Å²) in [4.78, 5) is 26.3. The zero-order valence-corrected chi connectivity index (χ0v) is 14.8. The quantitative estimate of drug-likeness (QED) is 0.840. The second kappa shape index (κ2) is 7.79. The lowest BCUT2D eigenvalue weighted by Gasteiger charge is -2.39. The van der Waals surface area contributed by atoms with E-state index in [1.54, 1.807) is 11.8 Å². The van der Waals surface area contributed by atoms with Gasteiger partial charge in [0.25, 0.3) is 0 Å². The van der Waals surface area contributed by atoms with Crippen LogP contribution in [-0.4, -0.2) is 35.9 Å². The molecule has 24 heavy (non-hydrogen) atoms. The number of likely N-dealkylation sites (tertiary alicyclic amines) is 1. The Morgan fingerprint density at radius 3 is 2.38 bits per heavy atom. The van der Waals surface area contributed by atoms with Crippen LogP contribution in [0.25, 0.3) is 0 Å². The van der Waals surface area contributed by atoms with E-state index < -0.39 is 11.5 Å². The zero-order valence-electron chi connectivity index (χ0n) is 14.8. The first-order chi connectivity index (χ1) is 11.3. The van der Waals surface area contributed by atoms with E-state index in [4.69, 9.17) is 10.5 Å². The molecule has 132 valence electrons. The smallest absolute Gasteiger partial charge is 0.312 e. The molecule has 2 N–H and O–H groups in total. The average Bonchev–Trinajstić information content (AvgIpc) is 2.59. The Hall–Kier alpha value is -1.88. The van der Waals surface area contributed by atoms with Crippen molar-refractivity contribution in [2.24, 2.45) is 17.1 Å². The van der Waals surface area contributed by atoms with E-state index in [1.807, 2.05) is 44.2 Å². The number of nitrogens with two attached hydrogens (primary N) is 1. The van der Waals surface area contributed by atoms with Crippen molar-refractivity contribution < 1.29 is 14.3 Å². The summed E-state index contributed by atoms with van der Waals surface area (Å²) in [6, 6.07) is 9.22. The van der Waals surface area contributed by atoms with Gasteiger partial charge in [0, 0.05) is 13.1 Å². The lowest BCUT2D eigenvalue weighted by atomic mass is 9.73. The number of ether oxygens (including phenoxy) is 1. The Bertz CT molecular complexity index is 561. The van der Waals surface area contributed by atoms with Crippen molar-refractivity contribution in [2.75, 3.05) is 13.1 Å². The van der Waals surface area contributed by atoms with E-state index in [0.29, 0.717) is 19.7 Å². The van der Waals surface area contributed by atoms with Crippen molar-refractivity contribution in [3.63, 3.8) is 0 Å². The number of esters is 1. The zero-order chi connectivity index (χ0) is 17.7. The fraction of sp³-hybridized carbons (Fsp3) is 0.579. The van der Waals surface area contributed by atoms with Gasteiger partial charge >= 0.3 is 5.97 Å². The maximum Gasteiger partial charge on any atom is 0.312 e. The summed E-state index contributed by atoms with van der Waals surface area (Å²) in [6.45, 7) is 7.19. The van der Waals surface area contributed by atoms with Gasteiger partial charge in [-0.25, -0.2) is 0 Å². The van der Waals surface area contributed by atoms with E-state index in [2.05, 4.69) is 0 Å². The molecular formula is C19H28N2O3. The molecule has 1 aromatic carbocycles. The molecule has 1 aromatic rings. The Morgan fingerprint density at radius 1 is 1.25 bits per heavy atom. The van der Waals surface area contributed by atoms with Crippen molar-refractivity contribution in [3.8, 4) is 0 Å². The van der Waals surface area contributed by atoms with Gasteiger partial charge in [0.2, 0.25) is 5.91 Å². The van der Waals surface area contributed by atoms with Crippen LogP contribution >= 0.6 is 0 Å². The van der Waals surface area contributed by atoms with Crippen LogP contribution in [0.3, 0.4) is 0 Å². The van der Waals surface area contributed by atoms with Gasteiger partial charge in [-0.1, -0.05) is 30.3 Å². The molecule has 0 bridgehead atoms. The van der Waals surface area contributed by atoms with Crippen molar-refractivity contribution in [1.29, 1.82) is 0 Å². The number of hydrogen-bond acceptors (Lipinski definition) is 4. The maximum atomic E-state index is 12.5. The first-order valence-corrected chi connectivity index (χ1v) is 8.58. The summed E-state index contributed by atoms with van der Waals surface area (Å²) < 4.78 is 5.52. The summed E-state index contributed by atoms with van der Waals surface area (Å²) in [7, 11) is 0. The van der Waals surface area contributed by atoms with Gasteiger partial charge in [0.15, 0.2) is 0 Å². The third kappa shape index (κ3) is 4.35.